The maximum Gasteiger partial charge on any atom is 0.251 e. The van der Waals surface area contributed by atoms with E-state index in [-0.39, 0.29) is 18.1 Å². The van der Waals surface area contributed by atoms with Gasteiger partial charge in [-0.15, -0.1) is 0 Å². The molecule has 0 spiro atoms. The van der Waals surface area contributed by atoms with Gasteiger partial charge in [-0.2, -0.15) is 0 Å². The highest BCUT2D eigenvalue weighted by molar-refractivity contribution is 6.30. The second-order valence-corrected chi connectivity index (χ2v) is 7.40. The molecule has 5 heteroatoms. The Labute approximate surface area is 160 Å². The number of morpholine rings is 1. The van der Waals surface area contributed by atoms with Crippen molar-refractivity contribution < 1.29 is 9.53 Å². The fourth-order valence-corrected chi connectivity index (χ4v) is 3.58. The van der Waals surface area contributed by atoms with Gasteiger partial charge in [0, 0.05) is 36.8 Å². The lowest BCUT2D eigenvalue weighted by molar-refractivity contribution is -0.0704. The molecule has 1 fully saturated rings. The van der Waals surface area contributed by atoms with Crippen LogP contribution in [0.5, 0.6) is 0 Å². The Hall–Kier alpha value is -1.88. The predicted molar refractivity (Wildman–Crippen MR) is 104 cm³/mol. The highest BCUT2D eigenvalue weighted by Crippen LogP contribution is 2.15. The molecule has 1 amide bonds. The van der Waals surface area contributed by atoms with Crippen LogP contribution in [0, 0.1) is 0 Å². The molecular weight excluding hydrogens is 348 g/mol. The summed E-state index contributed by atoms with van der Waals surface area (Å²) in [4.78, 5) is 14.7. The van der Waals surface area contributed by atoms with Gasteiger partial charge in [0.25, 0.3) is 5.91 Å². The van der Waals surface area contributed by atoms with E-state index in [2.05, 4.69) is 24.1 Å². The Balaban J connectivity index is 1.54. The molecule has 1 N–H and O–H groups in total. The van der Waals surface area contributed by atoms with Gasteiger partial charge in [-0.25, -0.2) is 0 Å². The third kappa shape index (κ3) is 5.31. The number of carbonyl (C=O) groups excluding carboxylic acids is 1. The van der Waals surface area contributed by atoms with Gasteiger partial charge in [-0.3, -0.25) is 9.69 Å². The number of amides is 1. The zero-order valence-corrected chi connectivity index (χ0v) is 16.0. The van der Waals surface area contributed by atoms with Crippen molar-refractivity contribution in [2.75, 3.05) is 13.1 Å². The molecule has 2 aromatic rings. The molecule has 2 aromatic carbocycles. The molecule has 0 radical (unpaired) electrons. The van der Waals surface area contributed by atoms with E-state index in [1.54, 1.807) is 0 Å². The first kappa shape index (κ1) is 18.9. The maximum absolute atomic E-state index is 12.3. The molecule has 1 heterocycles. The van der Waals surface area contributed by atoms with E-state index in [4.69, 9.17) is 16.3 Å². The number of hydrogen-bond acceptors (Lipinski definition) is 3. The van der Waals surface area contributed by atoms with Crippen molar-refractivity contribution in [2.45, 2.75) is 39.1 Å². The summed E-state index contributed by atoms with van der Waals surface area (Å²) in [5.41, 5.74) is 2.86. The molecule has 0 bridgehead atoms. The summed E-state index contributed by atoms with van der Waals surface area (Å²) in [6.45, 7) is 7.43. The molecule has 1 aliphatic rings. The van der Waals surface area contributed by atoms with Crippen molar-refractivity contribution in [1.82, 2.24) is 10.2 Å². The minimum absolute atomic E-state index is 0.0786. The van der Waals surface area contributed by atoms with Crippen LogP contribution < -0.4 is 5.32 Å². The topological polar surface area (TPSA) is 41.6 Å². The van der Waals surface area contributed by atoms with E-state index < -0.39 is 0 Å². The number of ether oxygens (including phenoxy) is 1. The molecule has 2 atom stereocenters. The van der Waals surface area contributed by atoms with Gasteiger partial charge in [-0.05, 0) is 49.2 Å². The second kappa shape index (κ2) is 8.67. The fourth-order valence-electron chi connectivity index (χ4n) is 3.36. The van der Waals surface area contributed by atoms with Gasteiger partial charge >= 0.3 is 0 Å². The molecule has 4 nitrogen and oxygen atoms in total. The largest absolute Gasteiger partial charge is 0.373 e. The van der Waals surface area contributed by atoms with Crippen LogP contribution in [0.4, 0.5) is 0 Å². The van der Waals surface area contributed by atoms with Gasteiger partial charge in [-0.1, -0.05) is 35.9 Å². The maximum atomic E-state index is 12.3. The lowest BCUT2D eigenvalue weighted by Gasteiger charge is -2.35. The number of benzene rings is 2. The lowest BCUT2D eigenvalue weighted by atomic mass is 10.1. The van der Waals surface area contributed by atoms with Gasteiger partial charge in [0.15, 0.2) is 0 Å². The third-order valence-electron chi connectivity index (χ3n) is 4.46. The molecule has 3 rings (SSSR count). The molecule has 26 heavy (non-hydrogen) atoms. The normalized spacial score (nSPS) is 20.7. The van der Waals surface area contributed by atoms with Crippen molar-refractivity contribution in [3.05, 3.63) is 70.2 Å². The summed E-state index contributed by atoms with van der Waals surface area (Å²) in [5, 5.41) is 3.60. The summed E-state index contributed by atoms with van der Waals surface area (Å²) in [6, 6.07) is 15.3. The predicted octanol–water partition coefficient (Wildman–Crippen LogP) is 3.88. The molecule has 1 aliphatic heterocycles. The van der Waals surface area contributed by atoms with Crippen molar-refractivity contribution in [3.63, 3.8) is 0 Å². The van der Waals surface area contributed by atoms with E-state index in [0.29, 0.717) is 17.1 Å². The fraction of sp³-hybridized carbons (Fsp3) is 0.381. The Morgan fingerprint density at radius 2 is 1.81 bits per heavy atom. The first-order valence-electron chi connectivity index (χ1n) is 8.99. The van der Waals surface area contributed by atoms with Crippen LogP contribution in [-0.2, 0) is 17.8 Å². The smallest absolute Gasteiger partial charge is 0.251 e. The summed E-state index contributed by atoms with van der Waals surface area (Å²) in [5.74, 6) is -0.0786. The van der Waals surface area contributed by atoms with E-state index in [9.17, 15) is 4.79 Å². The minimum Gasteiger partial charge on any atom is -0.373 e. The highest BCUT2D eigenvalue weighted by atomic mass is 35.5. The Kier molecular flexibility index (Phi) is 6.30. The third-order valence-corrected chi connectivity index (χ3v) is 4.69. The first-order chi connectivity index (χ1) is 12.5. The molecule has 0 aliphatic carbocycles. The van der Waals surface area contributed by atoms with Crippen LogP contribution in [0.1, 0.15) is 35.3 Å². The Morgan fingerprint density at radius 1 is 1.12 bits per heavy atom. The van der Waals surface area contributed by atoms with E-state index in [1.807, 2.05) is 48.5 Å². The van der Waals surface area contributed by atoms with Gasteiger partial charge in [0.2, 0.25) is 0 Å². The molecular formula is C21H25ClN2O2. The quantitative estimate of drug-likeness (QED) is 0.866. The van der Waals surface area contributed by atoms with Crippen LogP contribution in [0.25, 0.3) is 0 Å². The van der Waals surface area contributed by atoms with E-state index in [1.165, 1.54) is 5.56 Å². The number of halogens is 1. The number of hydrogen-bond donors (Lipinski definition) is 1. The first-order valence-corrected chi connectivity index (χ1v) is 9.37. The van der Waals surface area contributed by atoms with Crippen LogP contribution in [0.15, 0.2) is 48.5 Å². The minimum atomic E-state index is -0.0786. The van der Waals surface area contributed by atoms with Crippen molar-refractivity contribution in [2.24, 2.45) is 0 Å². The molecule has 0 saturated carbocycles. The Bertz CT molecular complexity index is 738. The zero-order valence-electron chi connectivity index (χ0n) is 15.2. The van der Waals surface area contributed by atoms with Crippen molar-refractivity contribution >= 4 is 17.5 Å². The van der Waals surface area contributed by atoms with Crippen molar-refractivity contribution in [1.29, 1.82) is 0 Å². The van der Waals surface area contributed by atoms with Gasteiger partial charge < -0.3 is 10.1 Å². The average molecular weight is 373 g/mol. The number of rotatable bonds is 5. The summed E-state index contributed by atoms with van der Waals surface area (Å²) in [7, 11) is 0. The number of nitrogens with one attached hydrogen (secondary N) is 1. The number of carbonyl (C=O) groups is 1. The van der Waals surface area contributed by atoms with Crippen LogP contribution in [0.3, 0.4) is 0 Å². The average Bonchev–Trinajstić information content (AvgIpc) is 2.59. The summed E-state index contributed by atoms with van der Waals surface area (Å²) in [6.07, 6.45) is 0.519. The van der Waals surface area contributed by atoms with Crippen LogP contribution in [0.2, 0.25) is 5.02 Å². The second-order valence-electron chi connectivity index (χ2n) is 6.96. The number of nitrogens with zero attached hydrogens (tertiary/aromatic N) is 1. The standard InChI is InChI=1S/C21H25ClN2O2/c1-15-12-24(13-16(2)26-15)14-17-6-8-19(9-7-17)21(25)23-11-18-4-3-5-20(22)10-18/h3-10,15-16H,11-14H2,1-2H3,(H,23,25). The lowest BCUT2D eigenvalue weighted by Crippen LogP contribution is -2.44. The van der Waals surface area contributed by atoms with Crippen molar-refractivity contribution in [3.8, 4) is 0 Å². The summed E-state index contributed by atoms with van der Waals surface area (Å²) < 4.78 is 5.77. The SMILES string of the molecule is CC1CN(Cc2ccc(C(=O)NCc3cccc(Cl)c3)cc2)CC(C)O1. The van der Waals surface area contributed by atoms with Gasteiger partial charge in [0.05, 0.1) is 12.2 Å². The van der Waals surface area contributed by atoms with Gasteiger partial charge in [0.1, 0.15) is 0 Å². The van der Waals surface area contributed by atoms with E-state index in [0.717, 1.165) is 25.2 Å². The highest BCUT2D eigenvalue weighted by Gasteiger charge is 2.22. The molecule has 138 valence electrons. The Morgan fingerprint density at radius 3 is 2.46 bits per heavy atom. The monoisotopic (exact) mass is 372 g/mol. The molecule has 0 aromatic heterocycles. The van der Waals surface area contributed by atoms with Crippen LogP contribution in [-0.4, -0.2) is 36.1 Å². The van der Waals surface area contributed by atoms with Crippen LogP contribution >= 0.6 is 11.6 Å². The summed E-state index contributed by atoms with van der Waals surface area (Å²) >= 11 is 5.97. The molecule has 1 saturated heterocycles. The zero-order chi connectivity index (χ0) is 18.5. The van der Waals surface area contributed by atoms with E-state index >= 15 is 0 Å². The molecule has 2 unspecified atom stereocenters.